The average Bonchev–Trinajstić information content (AvgIpc) is 2.98. The van der Waals surface area contributed by atoms with Crippen LogP contribution in [0.2, 0.25) is 0 Å². The van der Waals surface area contributed by atoms with Crippen molar-refractivity contribution in [1.29, 1.82) is 0 Å². The first kappa shape index (κ1) is 22.9. The van der Waals surface area contributed by atoms with Crippen LogP contribution in [-0.4, -0.2) is 58.3 Å². The number of hydrogen-bond donors (Lipinski definition) is 2. The maximum atomic E-state index is 12.5. The fourth-order valence-corrected chi connectivity index (χ4v) is 4.18. The van der Waals surface area contributed by atoms with Crippen molar-refractivity contribution >= 4 is 33.3 Å². The maximum absolute atomic E-state index is 12.5. The smallest absolute Gasteiger partial charge is 0.239 e. The van der Waals surface area contributed by atoms with Crippen LogP contribution in [0, 0.1) is 13.8 Å². The zero-order valence-electron chi connectivity index (χ0n) is 18.8. The molecule has 0 aromatic carbocycles. The number of ether oxygens (including phenoxy) is 1. The van der Waals surface area contributed by atoms with Crippen molar-refractivity contribution in [3.63, 3.8) is 0 Å². The molecule has 0 unspecified atom stereocenters. The van der Waals surface area contributed by atoms with E-state index in [9.17, 15) is 4.79 Å². The molecule has 1 amide bonds. The lowest BCUT2D eigenvalue weighted by Gasteiger charge is -2.24. The van der Waals surface area contributed by atoms with Gasteiger partial charge in [0, 0.05) is 29.7 Å². The third-order valence-corrected chi connectivity index (χ3v) is 5.69. The first-order valence-electron chi connectivity index (χ1n) is 10.1. The highest BCUT2D eigenvalue weighted by molar-refractivity contribution is 7.18. The number of nitrogens with one attached hydrogen (secondary N) is 1. The number of nitrogens with zero attached hydrogens (tertiary/aromatic N) is 4. The molecule has 9 heteroatoms. The van der Waals surface area contributed by atoms with Crippen molar-refractivity contribution in [2.24, 2.45) is 0 Å². The summed E-state index contributed by atoms with van der Waals surface area (Å²) in [6.07, 6.45) is 1.63. The van der Waals surface area contributed by atoms with Crippen LogP contribution < -0.4 is 15.0 Å². The van der Waals surface area contributed by atoms with Gasteiger partial charge in [-0.25, -0.2) is 9.97 Å². The number of pyridine rings is 1. The van der Waals surface area contributed by atoms with Gasteiger partial charge in [0.25, 0.3) is 0 Å². The molecule has 0 fully saturated rings. The molecule has 0 radical (unpaired) electrons. The average molecular weight is 444 g/mol. The van der Waals surface area contributed by atoms with Crippen LogP contribution in [0.4, 0.5) is 5.82 Å². The Kier molecular flexibility index (Phi) is 6.76. The summed E-state index contributed by atoms with van der Waals surface area (Å²) in [6.45, 7) is 10.3. The number of fused-ring (bicyclic) bond motifs is 1. The van der Waals surface area contributed by atoms with Crippen LogP contribution >= 0.6 is 11.3 Å². The normalized spacial score (nSPS) is 11.6. The molecule has 3 heterocycles. The van der Waals surface area contributed by atoms with Crippen LogP contribution in [-0.2, 0) is 4.79 Å². The second-order valence-electron chi connectivity index (χ2n) is 8.44. The van der Waals surface area contributed by atoms with E-state index < -0.39 is 0 Å². The third kappa shape index (κ3) is 5.48. The van der Waals surface area contributed by atoms with E-state index in [1.807, 2.05) is 39.6 Å². The van der Waals surface area contributed by atoms with E-state index in [-0.39, 0.29) is 31.2 Å². The van der Waals surface area contributed by atoms with Crippen molar-refractivity contribution in [2.45, 2.75) is 40.2 Å². The number of amides is 1. The maximum Gasteiger partial charge on any atom is 0.239 e. The van der Waals surface area contributed by atoms with Crippen LogP contribution in [0.5, 0.6) is 5.75 Å². The SMILES string of the molecule is Cc1sc2nc(-c3cc(OCCO)ccn3)nc(N(C)CC(=O)NC(C)(C)C)c2c1C. The molecule has 0 saturated carbocycles. The Morgan fingerprint density at radius 2 is 2.03 bits per heavy atom. The molecule has 0 saturated heterocycles. The molecule has 8 nitrogen and oxygen atoms in total. The fraction of sp³-hybridized carbons (Fsp3) is 0.455. The van der Waals surface area contributed by atoms with Crippen molar-refractivity contribution in [3.05, 3.63) is 28.8 Å². The van der Waals surface area contributed by atoms with Gasteiger partial charge in [-0.3, -0.25) is 9.78 Å². The van der Waals surface area contributed by atoms with Gasteiger partial charge in [-0.2, -0.15) is 0 Å². The number of anilines is 1. The highest BCUT2D eigenvalue weighted by Gasteiger charge is 2.21. The number of thiophene rings is 1. The summed E-state index contributed by atoms with van der Waals surface area (Å²) in [5, 5.41) is 12.9. The minimum Gasteiger partial charge on any atom is -0.491 e. The Bertz CT molecular complexity index is 1090. The monoisotopic (exact) mass is 443 g/mol. The first-order valence-corrected chi connectivity index (χ1v) is 10.9. The molecular formula is C22H29N5O3S. The molecule has 0 bridgehead atoms. The van der Waals surface area contributed by atoms with E-state index >= 15 is 0 Å². The number of hydrogen-bond acceptors (Lipinski definition) is 8. The van der Waals surface area contributed by atoms with Gasteiger partial charge < -0.3 is 20.1 Å². The number of aryl methyl sites for hydroxylation is 2. The minimum absolute atomic E-state index is 0.0700. The van der Waals surface area contributed by atoms with Crippen molar-refractivity contribution in [2.75, 3.05) is 31.7 Å². The van der Waals surface area contributed by atoms with Crippen LogP contribution in [0.3, 0.4) is 0 Å². The van der Waals surface area contributed by atoms with E-state index in [1.54, 1.807) is 29.7 Å². The largest absolute Gasteiger partial charge is 0.491 e. The number of rotatable bonds is 7. The minimum atomic E-state index is -0.308. The molecule has 0 atom stereocenters. The zero-order chi connectivity index (χ0) is 22.8. The van der Waals surface area contributed by atoms with Crippen molar-refractivity contribution in [3.8, 4) is 17.3 Å². The molecule has 166 valence electrons. The predicted octanol–water partition coefficient (Wildman–Crippen LogP) is 3.09. The van der Waals surface area contributed by atoms with Crippen LogP contribution in [0.25, 0.3) is 21.7 Å². The lowest BCUT2D eigenvalue weighted by molar-refractivity contribution is -0.121. The fourth-order valence-electron chi connectivity index (χ4n) is 3.15. The summed E-state index contributed by atoms with van der Waals surface area (Å²) in [7, 11) is 1.86. The van der Waals surface area contributed by atoms with E-state index in [4.69, 9.17) is 19.8 Å². The van der Waals surface area contributed by atoms with Crippen molar-refractivity contribution < 1.29 is 14.6 Å². The van der Waals surface area contributed by atoms with E-state index in [0.29, 0.717) is 23.1 Å². The summed E-state index contributed by atoms with van der Waals surface area (Å²) in [6, 6.07) is 3.47. The molecule has 31 heavy (non-hydrogen) atoms. The zero-order valence-corrected chi connectivity index (χ0v) is 19.6. The van der Waals surface area contributed by atoms with Gasteiger partial charge in [0.15, 0.2) is 5.82 Å². The van der Waals surface area contributed by atoms with E-state index in [0.717, 1.165) is 20.7 Å². The Morgan fingerprint density at radius 3 is 2.71 bits per heavy atom. The summed E-state index contributed by atoms with van der Waals surface area (Å²) < 4.78 is 5.50. The van der Waals surface area contributed by atoms with Gasteiger partial charge in [0.1, 0.15) is 28.7 Å². The molecule has 0 aliphatic carbocycles. The van der Waals surface area contributed by atoms with Crippen molar-refractivity contribution in [1.82, 2.24) is 20.3 Å². The number of carbonyl (C=O) groups is 1. The van der Waals surface area contributed by atoms with Gasteiger partial charge in [-0.15, -0.1) is 11.3 Å². The quantitative estimate of drug-likeness (QED) is 0.579. The lowest BCUT2D eigenvalue weighted by Crippen LogP contribution is -2.45. The topological polar surface area (TPSA) is 100 Å². The number of aliphatic hydroxyl groups excluding tert-OH is 1. The Labute approximate surface area is 186 Å². The van der Waals surface area contributed by atoms with Crippen LogP contribution in [0.1, 0.15) is 31.2 Å². The first-order chi connectivity index (χ1) is 14.6. The summed E-state index contributed by atoms with van der Waals surface area (Å²) in [4.78, 5) is 30.3. The number of carbonyl (C=O) groups excluding carboxylic acids is 1. The molecule has 3 aromatic heterocycles. The Balaban J connectivity index is 2.03. The predicted molar refractivity (Wildman–Crippen MR) is 124 cm³/mol. The standard InChI is InChI=1S/C22H29N5O3S/c1-13-14(2)31-21-18(13)20(27(6)12-17(29)26-22(3,4)5)24-19(25-21)16-11-15(7-8-23-16)30-10-9-28/h7-8,11,28H,9-10,12H2,1-6H3,(H,26,29). The Morgan fingerprint density at radius 1 is 1.29 bits per heavy atom. The summed E-state index contributed by atoms with van der Waals surface area (Å²) in [5.74, 6) is 1.65. The summed E-state index contributed by atoms with van der Waals surface area (Å²) >= 11 is 1.60. The molecule has 0 aliphatic rings. The van der Waals surface area contributed by atoms with Gasteiger partial charge in [-0.1, -0.05) is 0 Å². The van der Waals surface area contributed by atoms with Gasteiger partial charge in [0.05, 0.1) is 18.5 Å². The number of aliphatic hydroxyl groups is 1. The number of likely N-dealkylation sites (N-methyl/N-ethyl adjacent to an activating group) is 1. The van der Waals surface area contributed by atoms with Gasteiger partial charge >= 0.3 is 0 Å². The van der Waals surface area contributed by atoms with E-state index in [1.165, 1.54) is 0 Å². The highest BCUT2D eigenvalue weighted by atomic mass is 32.1. The van der Waals surface area contributed by atoms with Crippen LogP contribution in [0.15, 0.2) is 18.3 Å². The lowest BCUT2D eigenvalue weighted by atomic mass is 10.1. The van der Waals surface area contributed by atoms with Gasteiger partial charge in [-0.05, 0) is 46.2 Å². The Hall–Kier alpha value is -2.78. The van der Waals surface area contributed by atoms with Gasteiger partial charge in [0.2, 0.25) is 5.91 Å². The third-order valence-electron chi connectivity index (χ3n) is 4.59. The second kappa shape index (κ2) is 9.15. The highest BCUT2D eigenvalue weighted by Crippen LogP contribution is 2.36. The second-order valence-corrected chi connectivity index (χ2v) is 9.64. The molecule has 0 aliphatic heterocycles. The molecule has 3 rings (SSSR count). The molecule has 0 spiro atoms. The number of aromatic nitrogens is 3. The summed E-state index contributed by atoms with van der Waals surface area (Å²) in [5.41, 5.74) is 1.37. The molecule has 2 N–H and O–H groups in total. The molecular weight excluding hydrogens is 414 g/mol. The molecule has 3 aromatic rings. The van der Waals surface area contributed by atoms with E-state index in [2.05, 4.69) is 17.2 Å².